The van der Waals surface area contributed by atoms with Gasteiger partial charge in [-0.2, -0.15) is 0 Å². The van der Waals surface area contributed by atoms with Crippen LogP contribution in [0.15, 0.2) is 128 Å². The van der Waals surface area contributed by atoms with E-state index >= 15 is 0 Å². The molecule has 5 rings (SSSR count). The molecule has 14 nitrogen and oxygen atoms in total. The minimum Gasteiger partial charge on any atom is -0.423 e. The zero-order chi connectivity index (χ0) is 41.3. The third kappa shape index (κ3) is 13.7. The molecule has 0 aliphatic rings. The van der Waals surface area contributed by atoms with Crippen molar-refractivity contribution in [3.63, 3.8) is 0 Å². The van der Waals surface area contributed by atoms with Gasteiger partial charge in [0.2, 0.25) is 12.3 Å². The zero-order valence-electron chi connectivity index (χ0n) is 31.8. The number of aromatic nitrogens is 2. The fraction of sp³-hybridized carbons (Fsp3) is 0.171. The van der Waals surface area contributed by atoms with Crippen molar-refractivity contribution in [2.45, 2.75) is 33.4 Å². The molecular weight excluding hydrogens is 726 g/mol. The predicted molar refractivity (Wildman–Crippen MR) is 218 cm³/mol. The molecule has 4 amide bonds. The Morgan fingerprint density at radius 2 is 1.19 bits per heavy atom. The Hall–Kier alpha value is -6.45. The smallest absolute Gasteiger partial charge is 0.423 e. The van der Waals surface area contributed by atoms with E-state index in [0.29, 0.717) is 72.4 Å². The summed E-state index contributed by atoms with van der Waals surface area (Å²) in [5.74, 6) is -1.09. The monoisotopic (exact) mass is 772 g/mol. The zero-order valence-corrected chi connectivity index (χ0v) is 31.8. The molecule has 292 valence electrons. The van der Waals surface area contributed by atoms with Gasteiger partial charge in [0.1, 0.15) is 0 Å². The first-order chi connectivity index (χ1) is 27.3. The number of benzene rings is 3. The number of nitrogens with zero attached hydrogens (tertiary/aromatic N) is 2. The van der Waals surface area contributed by atoms with Crippen molar-refractivity contribution in [2.24, 2.45) is 0 Å². The van der Waals surface area contributed by atoms with E-state index in [2.05, 4.69) is 27.8 Å². The van der Waals surface area contributed by atoms with E-state index in [-0.39, 0.29) is 11.5 Å². The van der Waals surface area contributed by atoms with Gasteiger partial charge in [-0.3, -0.25) is 19.2 Å². The van der Waals surface area contributed by atoms with Crippen molar-refractivity contribution in [3.8, 4) is 0 Å². The second-order valence-electron chi connectivity index (χ2n) is 13.1. The maximum Gasteiger partial charge on any atom is 0.488 e. The summed E-state index contributed by atoms with van der Waals surface area (Å²) in [6, 6.07) is 26.1. The summed E-state index contributed by atoms with van der Waals surface area (Å²) in [5.41, 5.74) is 5.40. The Kier molecular flexibility index (Phi) is 16.4. The van der Waals surface area contributed by atoms with Crippen LogP contribution >= 0.6 is 0 Å². The van der Waals surface area contributed by atoms with E-state index in [1.165, 1.54) is 23.8 Å². The first kappa shape index (κ1) is 43.3. The van der Waals surface area contributed by atoms with Crippen molar-refractivity contribution in [2.75, 3.05) is 23.7 Å². The number of rotatable bonds is 16. The number of amides is 4. The van der Waals surface area contributed by atoms with Gasteiger partial charge < -0.3 is 41.4 Å². The number of carbonyl (C=O) groups is 4. The van der Waals surface area contributed by atoms with Crippen LogP contribution in [0.1, 0.15) is 50.8 Å². The lowest BCUT2D eigenvalue weighted by Crippen LogP contribution is -2.40. The molecule has 0 aliphatic heterocycles. The third-order valence-electron chi connectivity index (χ3n) is 8.57. The molecule has 3 aromatic carbocycles. The summed E-state index contributed by atoms with van der Waals surface area (Å²) in [7, 11) is -3.01. The molecule has 5 aromatic rings. The quantitative estimate of drug-likeness (QED) is 0.0231. The van der Waals surface area contributed by atoms with E-state index < -0.39 is 26.1 Å². The minimum absolute atomic E-state index is 0.226. The minimum atomic E-state index is -1.59. The molecule has 0 fully saturated rings. The number of carbonyl (C=O) groups excluding carboxylic acids is 4. The van der Waals surface area contributed by atoms with Crippen LogP contribution in [-0.2, 0) is 22.7 Å². The molecule has 0 spiro atoms. The Morgan fingerprint density at radius 3 is 1.72 bits per heavy atom. The van der Waals surface area contributed by atoms with Crippen LogP contribution < -0.4 is 41.3 Å². The van der Waals surface area contributed by atoms with Gasteiger partial charge in [0.05, 0.1) is 5.56 Å². The van der Waals surface area contributed by atoms with E-state index in [9.17, 15) is 39.3 Å². The maximum atomic E-state index is 12.9. The third-order valence-corrected chi connectivity index (χ3v) is 8.57. The van der Waals surface area contributed by atoms with Gasteiger partial charge in [0.25, 0.3) is 11.8 Å². The van der Waals surface area contributed by atoms with Crippen LogP contribution in [0.4, 0.5) is 11.4 Å². The van der Waals surface area contributed by atoms with Gasteiger partial charge in [0.15, 0.2) is 37.9 Å². The van der Waals surface area contributed by atoms with Crippen LogP contribution in [0.5, 0.6) is 0 Å². The number of pyridine rings is 2. The fourth-order valence-corrected chi connectivity index (χ4v) is 5.54. The molecular formula is C41H46B2N6O8+2. The van der Waals surface area contributed by atoms with Gasteiger partial charge in [-0.25, -0.2) is 9.13 Å². The molecule has 0 saturated carbocycles. The lowest BCUT2D eigenvalue weighted by atomic mass is 9.77. The largest absolute Gasteiger partial charge is 0.488 e. The average molecular weight is 772 g/mol. The Bertz CT molecular complexity index is 2170. The van der Waals surface area contributed by atoms with Gasteiger partial charge in [-0.15, -0.1) is 0 Å². The molecule has 57 heavy (non-hydrogen) atoms. The van der Waals surface area contributed by atoms with Crippen molar-refractivity contribution < 1.29 is 48.4 Å². The van der Waals surface area contributed by atoms with Crippen LogP contribution in [0, 0.1) is 6.92 Å². The van der Waals surface area contributed by atoms with Crippen molar-refractivity contribution >= 4 is 60.7 Å². The van der Waals surface area contributed by atoms with E-state index in [1.54, 1.807) is 72.4 Å². The van der Waals surface area contributed by atoms with Crippen LogP contribution in [0.25, 0.3) is 0 Å². The molecule has 0 atom stereocenters. The van der Waals surface area contributed by atoms with Crippen LogP contribution in [0.3, 0.4) is 0 Å². The molecule has 0 bridgehead atoms. The predicted octanol–water partition coefficient (Wildman–Crippen LogP) is 0.346. The number of hydrogen-bond acceptors (Lipinski definition) is 8. The topological polar surface area (TPSA) is 205 Å². The Morgan fingerprint density at radius 1 is 0.684 bits per heavy atom. The summed E-state index contributed by atoms with van der Waals surface area (Å²) >= 11 is 0. The summed E-state index contributed by atoms with van der Waals surface area (Å²) < 4.78 is 3.80. The highest BCUT2D eigenvalue weighted by Crippen LogP contribution is 2.20. The lowest BCUT2D eigenvalue weighted by molar-refractivity contribution is -0.688. The Labute approximate surface area is 331 Å². The van der Waals surface area contributed by atoms with E-state index in [4.69, 9.17) is 0 Å². The molecule has 0 saturated heterocycles. The highest BCUT2D eigenvalue weighted by molar-refractivity contribution is 6.59. The van der Waals surface area contributed by atoms with E-state index in [0.717, 1.165) is 11.1 Å². The molecule has 0 aliphatic carbocycles. The van der Waals surface area contributed by atoms with Crippen LogP contribution in [-0.4, -0.2) is 71.6 Å². The molecule has 8 N–H and O–H groups in total. The van der Waals surface area contributed by atoms with Crippen molar-refractivity contribution in [1.29, 1.82) is 0 Å². The SMILES string of the molecule is C=C(C)C(=O)NCCCNC(=O)c1cc(NC=O)cc(NC(=O)c2cc[n+](Cc3ccccc3B(O)O)cc2)c1.Cc1cc[n+](Cc2ccccc2B(O)O)cc1. The summed E-state index contributed by atoms with van der Waals surface area (Å²) in [6.07, 6.45) is 8.32. The second kappa shape index (κ2) is 21.6. The normalized spacial score (nSPS) is 10.3. The summed E-state index contributed by atoms with van der Waals surface area (Å²) in [6.45, 7) is 8.87. The van der Waals surface area contributed by atoms with Crippen molar-refractivity contribution in [1.82, 2.24) is 10.6 Å². The molecule has 0 unspecified atom stereocenters. The molecule has 2 heterocycles. The second-order valence-corrected chi connectivity index (χ2v) is 13.1. The Balaban J connectivity index is 0.000000350. The van der Waals surface area contributed by atoms with Crippen molar-refractivity contribution in [3.05, 3.63) is 156 Å². The number of nitrogens with one attached hydrogen (secondary N) is 4. The number of hydrogen-bond donors (Lipinski definition) is 8. The fourth-order valence-electron chi connectivity index (χ4n) is 5.54. The van der Waals surface area contributed by atoms with Gasteiger partial charge >= 0.3 is 14.2 Å². The van der Waals surface area contributed by atoms with Crippen LogP contribution in [0.2, 0.25) is 0 Å². The van der Waals surface area contributed by atoms with E-state index in [1.807, 2.05) is 48.1 Å². The number of aryl methyl sites for hydroxylation is 1. The standard InChI is InChI=1S/C28H30BN5O6.C13H15BNO2/c1-19(2)26(36)30-10-5-11-31-27(37)22-14-23(32-18-35)16-24(15-22)33-28(38)20-8-12-34(13-9-20)17-21-6-3-4-7-25(21)29(39)40;1-11-6-8-15(9-7-11)10-12-4-2-3-5-13(12)14(16)17/h3-4,6-9,12-16,18,39-40H,1,5,10-11,17H2,2H3,(H3-,30,31,32,33,35,36,37,38);2-9,16-17H,10H2,1H3/q;+1/p+1. The summed E-state index contributed by atoms with van der Waals surface area (Å²) in [5, 5.41) is 48.4. The first-order valence-electron chi connectivity index (χ1n) is 18.1. The maximum absolute atomic E-state index is 12.9. The lowest BCUT2D eigenvalue weighted by Gasteiger charge is -2.11. The first-order valence-corrected chi connectivity index (χ1v) is 18.1. The highest BCUT2D eigenvalue weighted by Gasteiger charge is 2.19. The summed E-state index contributed by atoms with van der Waals surface area (Å²) in [4.78, 5) is 48.1. The van der Waals surface area contributed by atoms with Gasteiger partial charge in [-0.05, 0) is 55.0 Å². The number of anilines is 2. The molecule has 2 aromatic heterocycles. The molecule has 0 radical (unpaired) electrons. The highest BCUT2D eigenvalue weighted by atomic mass is 16.4. The van der Waals surface area contributed by atoms with Gasteiger partial charge in [0, 0.05) is 71.0 Å². The molecule has 16 heteroatoms. The van der Waals surface area contributed by atoms with Gasteiger partial charge in [-0.1, -0.05) is 55.1 Å². The average Bonchev–Trinajstić information content (AvgIpc) is 3.19.